The maximum atomic E-state index is 13.2. The highest BCUT2D eigenvalue weighted by molar-refractivity contribution is 7.69. The van der Waals surface area contributed by atoms with Crippen LogP contribution in [0.25, 0.3) is 0 Å². The Balaban J connectivity index is 4.48. The van der Waals surface area contributed by atoms with Gasteiger partial charge in [0.15, 0.2) is 0 Å². The van der Waals surface area contributed by atoms with E-state index in [0.717, 1.165) is 38.5 Å². The summed E-state index contributed by atoms with van der Waals surface area (Å²) in [7, 11) is 3.76. The minimum Gasteiger partial charge on any atom is -0.366 e. The number of rotatable bonds is 31. The van der Waals surface area contributed by atoms with Gasteiger partial charge in [0.25, 0.3) is 0 Å². The molecule has 0 aliphatic heterocycles. The van der Waals surface area contributed by atoms with Crippen molar-refractivity contribution in [3.8, 4) is 0 Å². The number of unbranched alkanes of at least 4 members (excludes halogenated alkanes) is 20. The summed E-state index contributed by atoms with van der Waals surface area (Å²) < 4.78 is 0.433. The van der Waals surface area contributed by atoms with Gasteiger partial charge in [-0.25, -0.2) is 0 Å². The van der Waals surface area contributed by atoms with Crippen LogP contribution in [0.4, 0.5) is 0 Å². The van der Waals surface area contributed by atoms with Gasteiger partial charge in [0.05, 0.1) is 27.1 Å². The van der Waals surface area contributed by atoms with E-state index in [9.17, 15) is 19.3 Å². The fraction of sp³-hybridized carbons (Fsp3) is 0.914. The maximum Gasteiger partial charge on any atom is 0.234 e. The Morgan fingerprint density at radius 2 is 0.829 bits per heavy atom. The minimum absolute atomic E-state index is 0.0158. The van der Waals surface area contributed by atoms with E-state index in [4.69, 9.17) is 0 Å². The lowest BCUT2D eigenvalue weighted by atomic mass is 9.93. The number of quaternary nitrogens is 1. The normalized spacial score (nSPS) is 12.7. The van der Waals surface area contributed by atoms with Gasteiger partial charge >= 0.3 is 0 Å². The lowest BCUT2D eigenvalue weighted by Gasteiger charge is -2.25. The van der Waals surface area contributed by atoms with Gasteiger partial charge < -0.3 is 9.38 Å². The standard InChI is InChI=1S/C35H69NO4P/c1-6-8-10-12-14-16-18-20-22-24-26-28-33(37)32(31-41(40)35(39)30-36(3,4)5)34(38)29-27-25-23-21-19-17-15-13-11-9-7-2/h32,40H,6-31H2,1-5H3/q+1. The number of ketones is 2. The minimum atomic E-state index is -1.98. The Labute approximate surface area is 256 Å². The molecule has 0 fully saturated rings. The average Bonchev–Trinajstić information content (AvgIpc) is 2.92. The average molecular weight is 599 g/mol. The number of hydrogen-bond donors (Lipinski definition) is 1. The van der Waals surface area contributed by atoms with Crippen molar-refractivity contribution in [2.24, 2.45) is 5.92 Å². The van der Waals surface area contributed by atoms with E-state index < -0.39 is 14.1 Å². The molecular weight excluding hydrogens is 529 g/mol. The van der Waals surface area contributed by atoms with Gasteiger partial charge in [0.2, 0.25) is 5.52 Å². The van der Waals surface area contributed by atoms with Crippen LogP contribution in [0.2, 0.25) is 0 Å². The van der Waals surface area contributed by atoms with Crippen molar-refractivity contribution in [3.05, 3.63) is 0 Å². The van der Waals surface area contributed by atoms with E-state index in [-0.39, 0.29) is 29.8 Å². The molecule has 0 aromatic rings. The third-order valence-electron chi connectivity index (χ3n) is 8.08. The van der Waals surface area contributed by atoms with Gasteiger partial charge in [-0.1, -0.05) is 142 Å². The number of nitrogens with zero attached hydrogens (tertiary/aromatic N) is 1. The Morgan fingerprint density at radius 1 is 0.537 bits per heavy atom. The second-order valence-corrected chi connectivity index (χ2v) is 15.1. The first-order valence-corrected chi connectivity index (χ1v) is 19.0. The summed E-state index contributed by atoms with van der Waals surface area (Å²) in [4.78, 5) is 49.6. The molecule has 1 unspecified atom stereocenters. The van der Waals surface area contributed by atoms with Crippen molar-refractivity contribution in [2.45, 2.75) is 168 Å². The predicted octanol–water partition coefficient (Wildman–Crippen LogP) is 9.77. The van der Waals surface area contributed by atoms with Crippen LogP contribution in [0.3, 0.4) is 0 Å². The lowest BCUT2D eigenvalue weighted by Crippen LogP contribution is -2.39. The molecule has 0 spiro atoms. The van der Waals surface area contributed by atoms with Crippen LogP contribution in [0, 0.1) is 5.92 Å². The van der Waals surface area contributed by atoms with Crippen LogP contribution >= 0.6 is 8.15 Å². The number of Topliss-reactive ketones (excluding diaryl/α,β-unsaturated/α-hetero) is 2. The fourth-order valence-electron chi connectivity index (χ4n) is 5.42. The van der Waals surface area contributed by atoms with Crippen LogP contribution in [0.5, 0.6) is 0 Å². The second kappa shape index (κ2) is 26.9. The van der Waals surface area contributed by atoms with Crippen molar-refractivity contribution in [3.63, 3.8) is 0 Å². The molecule has 6 heteroatoms. The summed E-state index contributed by atoms with van der Waals surface area (Å²) in [6.45, 7) is 4.71. The van der Waals surface area contributed by atoms with E-state index >= 15 is 0 Å². The van der Waals surface area contributed by atoms with Crippen molar-refractivity contribution in [1.82, 2.24) is 0 Å². The maximum absolute atomic E-state index is 13.2. The van der Waals surface area contributed by atoms with Gasteiger partial charge in [-0.3, -0.25) is 14.4 Å². The molecule has 1 atom stereocenters. The van der Waals surface area contributed by atoms with Gasteiger partial charge in [-0.15, -0.1) is 0 Å². The molecule has 0 aliphatic rings. The summed E-state index contributed by atoms with van der Waals surface area (Å²) in [5.74, 6) is -0.934. The second-order valence-electron chi connectivity index (χ2n) is 13.5. The first kappa shape index (κ1) is 40.4. The Morgan fingerprint density at radius 3 is 1.12 bits per heavy atom. The molecular formula is C35H69NO4P+. The Bertz CT molecular complexity index is 623. The highest BCUT2D eigenvalue weighted by Gasteiger charge is 2.32. The third kappa shape index (κ3) is 25.6. The zero-order chi connectivity index (χ0) is 30.8. The molecule has 0 bridgehead atoms. The number of hydrogen-bond acceptors (Lipinski definition) is 4. The van der Waals surface area contributed by atoms with E-state index in [1.54, 1.807) is 0 Å². The molecule has 0 saturated heterocycles. The molecule has 0 rings (SSSR count). The molecule has 0 radical (unpaired) electrons. The molecule has 242 valence electrons. The highest BCUT2D eigenvalue weighted by atomic mass is 31.1. The van der Waals surface area contributed by atoms with Gasteiger partial charge in [-0.2, -0.15) is 0 Å². The van der Waals surface area contributed by atoms with Crippen molar-refractivity contribution in [2.75, 3.05) is 33.8 Å². The topological polar surface area (TPSA) is 71.4 Å². The number of likely N-dealkylation sites (N-methyl/N-ethyl adjacent to an activating group) is 1. The molecule has 0 saturated carbocycles. The molecule has 1 N–H and O–H groups in total. The van der Waals surface area contributed by atoms with Crippen molar-refractivity contribution < 1.29 is 23.8 Å². The van der Waals surface area contributed by atoms with E-state index in [1.807, 2.05) is 21.1 Å². The van der Waals surface area contributed by atoms with Crippen LogP contribution in [0.15, 0.2) is 0 Å². The Kier molecular flexibility index (Phi) is 26.5. The quantitative estimate of drug-likeness (QED) is 0.0373. The predicted molar refractivity (Wildman–Crippen MR) is 178 cm³/mol. The first-order chi connectivity index (χ1) is 19.6. The van der Waals surface area contributed by atoms with Crippen molar-refractivity contribution >= 4 is 25.2 Å². The molecule has 0 aromatic carbocycles. The van der Waals surface area contributed by atoms with E-state index in [2.05, 4.69) is 13.8 Å². The highest BCUT2D eigenvalue weighted by Crippen LogP contribution is 2.36. The van der Waals surface area contributed by atoms with E-state index in [1.165, 1.54) is 103 Å². The van der Waals surface area contributed by atoms with Gasteiger partial charge in [0.1, 0.15) is 26.3 Å². The largest absolute Gasteiger partial charge is 0.366 e. The summed E-state index contributed by atoms with van der Waals surface area (Å²) in [6.07, 6.45) is 27.6. The van der Waals surface area contributed by atoms with Crippen LogP contribution < -0.4 is 0 Å². The molecule has 0 heterocycles. The number of carbonyl (C=O) groups excluding carboxylic acids is 3. The third-order valence-corrected chi connectivity index (χ3v) is 9.51. The first-order valence-electron chi connectivity index (χ1n) is 17.5. The SMILES string of the molecule is CCCCCCCCCCCCCC(=O)C(CP(O)C(=O)C[N+](C)(C)C)C(=O)CCCCCCCCCCCCC. The molecule has 5 nitrogen and oxygen atoms in total. The smallest absolute Gasteiger partial charge is 0.234 e. The summed E-state index contributed by atoms with van der Waals surface area (Å²) >= 11 is 0. The lowest BCUT2D eigenvalue weighted by molar-refractivity contribution is -0.861. The van der Waals surface area contributed by atoms with Crippen LogP contribution in [-0.2, 0) is 14.4 Å². The molecule has 0 aromatic heterocycles. The van der Waals surface area contributed by atoms with Crippen LogP contribution in [-0.4, -0.2) is 60.3 Å². The zero-order valence-corrected chi connectivity index (χ0v) is 28.9. The molecule has 41 heavy (non-hydrogen) atoms. The fourth-order valence-corrected chi connectivity index (χ4v) is 6.96. The summed E-state index contributed by atoms with van der Waals surface area (Å²) in [6, 6.07) is 0. The summed E-state index contributed by atoms with van der Waals surface area (Å²) in [5, 5.41) is 0. The Hall–Kier alpha value is -0.640. The van der Waals surface area contributed by atoms with Crippen molar-refractivity contribution in [1.29, 1.82) is 0 Å². The zero-order valence-electron chi connectivity index (χ0n) is 28.0. The van der Waals surface area contributed by atoms with E-state index in [0.29, 0.717) is 17.3 Å². The van der Waals surface area contributed by atoms with Gasteiger partial charge in [0, 0.05) is 19.0 Å². The van der Waals surface area contributed by atoms with Crippen LogP contribution in [0.1, 0.15) is 168 Å². The molecule has 0 aliphatic carbocycles. The molecule has 0 amide bonds. The monoisotopic (exact) mass is 598 g/mol. The summed E-state index contributed by atoms with van der Waals surface area (Å²) in [5.41, 5.74) is -0.220. The van der Waals surface area contributed by atoms with Gasteiger partial charge in [-0.05, 0) is 12.8 Å². The number of carbonyl (C=O) groups is 3.